The van der Waals surface area contributed by atoms with Crippen molar-refractivity contribution in [3.8, 4) is 5.75 Å². The molecule has 1 aliphatic heterocycles. The highest BCUT2D eigenvalue weighted by atomic mass is 16.5. The van der Waals surface area contributed by atoms with Crippen LogP contribution in [-0.4, -0.2) is 50.7 Å². The summed E-state index contributed by atoms with van der Waals surface area (Å²) >= 11 is 0. The van der Waals surface area contributed by atoms with Crippen LogP contribution in [0, 0.1) is 20.8 Å². The van der Waals surface area contributed by atoms with Crippen LogP contribution in [0.2, 0.25) is 0 Å². The van der Waals surface area contributed by atoms with Crippen LogP contribution in [0.1, 0.15) is 45.3 Å². The highest BCUT2D eigenvalue weighted by Crippen LogP contribution is 2.28. The molecule has 1 fully saturated rings. The maximum absolute atomic E-state index is 13.4. The van der Waals surface area contributed by atoms with E-state index in [-0.39, 0.29) is 18.7 Å². The number of aromatic nitrogens is 3. The first-order chi connectivity index (χ1) is 14.8. The lowest BCUT2D eigenvalue weighted by molar-refractivity contribution is -0.121. The zero-order valence-electron chi connectivity index (χ0n) is 17.5. The molecule has 10 nitrogen and oxygen atoms in total. The number of amides is 2. The van der Waals surface area contributed by atoms with Crippen molar-refractivity contribution in [1.29, 1.82) is 0 Å². The standard InChI is InChI=1S/C21H23N5O5/c1-11-16(12(2)30-24-11)8-17-13(3)31-25-19(17)21(28)26-10-15(7-18(26)20(22)27)29-14-5-4-6-23-9-14/h4-6,9,15,18H,7-8,10H2,1-3H3,(H2,22,27)/t15-,18-/m0/s1. The number of likely N-dealkylation sites (tertiary alicyclic amines) is 1. The van der Waals surface area contributed by atoms with Gasteiger partial charge in [0.15, 0.2) is 5.69 Å². The molecule has 1 aliphatic rings. The van der Waals surface area contributed by atoms with Gasteiger partial charge in [0.2, 0.25) is 5.91 Å². The van der Waals surface area contributed by atoms with Gasteiger partial charge in [-0.25, -0.2) is 0 Å². The molecule has 0 saturated carbocycles. The smallest absolute Gasteiger partial charge is 0.277 e. The molecule has 3 aromatic rings. The van der Waals surface area contributed by atoms with E-state index in [1.165, 1.54) is 4.90 Å². The van der Waals surface area contributed by atoms with Crippen LogP contribution in [0.15, 0.2) is 33.6 Å². The zero-order valence-corrected chi connectivity index (χ0v) is 17.5. The van der Waals surface area contributed by atoms with Crippen molar-refractivity contribution >= 4 is 11.8 Å². The van der Waals surface area contributed by atoms with Gasteiger partial charge in [0, 0.05) is 30.2 Å². The second-order valence-corrected chi connectivity index (χ2v) is 7.59. The Balaban J connectivity index is 1.59. The number of hydrogen-bond acceptors (Lipinski definition) is 8. The molecule has 31 heavy (non-hydrogen) atoms. The van der Waals surface area contributed by atoms with Gasteiger partial charge in [0.1, 0.15) is 29.4 Å². The van der Waals surface area contributed by atoms with Crippen molar-refractivity contribution in [3.63, 3.8) is 0 Å². The maximum atomic E-state index is 13.4. The van der Waals surface area contributed by atoms with E-state index in [1.54, 1.807) is 31.5 Å². The molecule has 2 amide bonds. The predicted molar refractivity (Wildman–Crippen MR) is 107 cm³/mol. The van der Waals surface area contributed by atoms with Gasteiger partial charge in [-0.1, -0.05) is 10.3 Å². The maximum Gasteiger partial charge on any atom is 0.277 e. The van der Waals surface area contributed by atoms with Crippen molar-refractivity contribution in [2.45, 2.75) is 45.8 Å². The molecule has 0 unspecified atom stereocenters. The van der Waals surface area contributed by atoms with Crippen LogP contribution >= 0.6 is 0 Å². The van der Waals surface area contributed by atoms with Gasteiger partial charge in [-0.05, 0) is 32.9 Å². The lowest BCUT2D eigenvalue weighted by atomic mass is 10.0. The minimum absolute atomic E-state index is 0.144. The van der Waals surface area contributed by atoms with E-state index >= 15 is 0 Å². The Morgan fingerprint density at radius 2 is 1.94 bits per heavy atom. The lowest BCUT2D eigenvalue weighted by Crippen LogP contribution is -2.44. The van der Waals surface area contributed by atoms with Gasteiger partial charge in [-0.2, -0.15) is 0 Å². The van der Waals surface area contributed by atoms with Crippen molar-refractivity contribution in [2.24, 2.45) is 5.73 Å². The molecule has 0 aromatic carbocycles. The van der Waals surface area contributed by atoms with Gasteiger partial charge in [0.25, 0.3) is 5.91 Å². The second-order valence-electron chi connectivity index (χ2n) is 7.59. The lowest BCUT2D eigenvalue weighted by Gasteiger charge is -2.21. The Morgan fingerprint density at radius 3 is 2.58 bits per heavy atom. The van der Waals surface area contributed by atoms with Crippen molar-refractivity contribution in [3.05, 3.63) is 58.6 Å². The fraction of sp³-hybridized carbons (Fsp3) is 0.381. The van der Waals surface area contributed by atoms with E-state index in [4.69, 9.17) is 19.5 Å². The highest BCUT2D eigenvalue weighted by molar-refractivity contribution is 5.97. The summed E-state index contributed by atoms with van der Waals surface area (Å²) in [5.74, 6) is 0.707. The first kappa shape index (κ1) is 20.6. The summed E-state index contributed by atoms with van der Waals surface area (Å²) < 4.78 is 16.4. The van der Waals surface area contributed by atoms with Crippen molar-refractivity contribution in [1.82, 2.24) is 20.2 Å². The topological polar surface area (TPSA) is 138 Å². The van der Waals surface area contributed by atoms with Gasteiger partial charge >= 0.3 is 0 Å². The van der Waals surface area contributed by atoms with E-state index in [0.29, 0.717) is 29.3 Å². The number of nitrogens with two attached hydrogens (primary N) is 1. The largest absolute Gasteiger partial charge is 0.487 e. The summed E-state index contributed by atoms with van der Waals surface area (Å²) in [5.41, 5.74) is 7.96. The normalized spacial score (nSPS) is 18.4. The van der Waals surface area contributed by atoms with E-state index in [2.05, 4.69) is 15.3 Å². The van der Waals surface area contributed by atoms with E-state index in [1.807, 2.05) is 13.8 Å². The Morgan fingerprint density at radius 1 is 1.19 bits per heavy atom. The fourth-order valence-corrected chi connectivity index (χ4v) is 3.82. The molecule has 2 N–H and O–H groups in total. The minimum Gasteiger partial charge on any atom is -0.487 e. The Kier molecular flexibility index (Phi) is 5.45. The molecule has 0 aliphatic carbocycles. The number of ether oxygens (including phenoxy) is 1. The van der Waals surface area contributed by atoms with Crippen LogP contribution in [0.5, 0.6) is 5.75 Å². The van der Waals surface area contributed by atoms with Crippen molar-refractivity contribution < 1.29 is 23.4 Å². The number of carbonyl (C=O) groups excluding carboxylic acids is 2. The molecule has 0 bridgehead atoms. The van der Waals surface area contributed by atoms with Gasteiger partial charge in [-0.3, -0.25) is 14.6 Å². The van der Waals surface area contributed by atoms with Gasteiger partial charge < -0.3 is 24.4 Å². The summed E-state index contributed by atoms with van der Waals surface area (Å²) in [6.45, 7) is 5.57. The monoisotopic (exact) mass is 425 g/mol. The first-order valence-electron chi connectivity index (χ1n) is 9.89. The predicted octanol–water partition coefficient (Wildman–Crippen LogP) is 1.72. The number of pyridine rings is 1. The average Bonchev–Trinajstić information content (AvgIpc) is 3.42. The quantitative estimate of drug-likeness (QED) is 0.630. The molecule has 1 saturated heterocycles. The van der Waals surface area contributed by atoms with Gasteiger partial charge in [-0.15, -0.1) is 0 Å². The van der Waals surface area contributed by atoms with Crippen molar-refractivity contribution in [2.75, 3.05) is 6.54 Å². The van der Waals surface area contributed by atoms with E-state index < -0.39 is 24.0 Å². The van der Waals surface area contributed by atoms with E-state index in [0.717, 1.165) is 11.3 Å². The Hall–Kier alpha value is -3.69. The molecule has 0 spiro atoms. The average molecular weight is 425 g/mol. The Labute approximate surface area is 178 Å². The number of nitrogens with zero attached hydrogens (tertiary/aromatic N) is 4. The third-order valence-electron chi connectivity index (χ3n) is 5.51. The third kappa shape index (κ3) is 4.00. The number of hydrogen-bond donors (Lipinski definition) is 1. The molecule has 4 rings (SSSR count). The first-order valence-corrected chi connectivity index (χ1v) is 9.89. The summed E-state index contributed by atoms with van der Waals surface area (Å²) in [6, 6.07) is 2.70. The summed E-state index contributed by atoms with van der Waals surface area (Å²) in [4.78, 5) is 30.9. The molecule has 2 atom stereocenters. The third-order valence-corrected chi connectivity index (χ3v) is 5.51. The summed E-state index contributed by atoms with van der Waals surface area (Å²) in [5, 5.41) is 7.94. The fourth-order valence-electron chi connectivity index (χ4n) is 3.82. The van der Waals surface area contributed by atoms with Crippen LogP contribution in [0.25, 0.3) is 0 Å². The number of primary amides is 1. The van der Waals surface area contributed by atoms with Crippen LogP contribution < -0.4 is 10.5 Å². The Bertz CT molecular complexity index is 1090. The molecule has 4 heterocycles. The number of carbonyl (C=O) groups is 2. The van der Waals surface area contributed by atoms with Gasteiger partial charge in [0.05, 0.1) is 18.4 Å². The number of aryl methyl sites for hydroxylation is 3. The minimum atomic E-state index is -0.807. The molecule has 162 valence electrons. The highest BCUT2D eigenvalue weighted by Gasteiger charge is 2.42. The number of rotatable bonds is 6. The zero-order chi connectivity index (χ0) is 22.1. The molecular formula is C21H23N5O5. The van der Waals surface area contributed by atoms with Crippen LogP contribution in [0.3, 0.4) is 0 Å². The molecule has 10 heteroatoms. The van der Waals surface area contributed by atoms with E-state index in [9.17, 15) is 9.59 Å². The molecule has 0 radical (unpaired) electrons. The van der Waals surface area contributed by atoms with Crippen LogP contribution in [-0.2, 0) is 11.2 Å². The molecule has 3 aromatic heterocycles. The SMILES string of the molecule is Cc1noc(C)c1Cc1c(C(=O)N2C[C@@H](Oc3cccnc3)C[C@H]2C(N)=O)noc1C. The summed E-state index contributed by atoms with van der Waals surface area (Å²) in [6.07, 6.45) is 3.47. The summed E-state index contributed by atoms with van der Waals surface area (Å²) in [7, 11) is 0. The second kappa shape index (κ2) is 8.21. The molecular weight excluding hydrogens is 402 g/mol. The van der Waals surface area contributed by atoms with Crippen LogP contribution in [0.4, 0.5) is 0 Å².